The van der Waals surface area contributed by atoms with Crippen LogP contribution < -0.4 is 30.9 Å². The van der Waals surface area contributed by atoms with Gasteiger partial charge in [-0.25, -0.2) is 4.98 Å². The molecule has 66 heavy (non-hydrogen) atoms. The molecule has 354 valence electrons. The van der Waals surface area contributed by atoms with Gasteiger partial charge in [-0.15, -0.1) is 0 Å². The van der Waals surface area contributed by atoms with Gasteiger partial charge in [0.1, 0.15) is 34.6 Å². The Morgan fingerprint density at radius 1 is 1.00 bits per heavy atom. The summed E-state index contributed by atoms with van der Waals surface area (Å²) < 4.78 is 36.4. The Morgan fingerprint density at radius 2 is 1.73 bits per heavy atom. The first-order valence-electron chi connectivity index (χ1n) is 22.1. The van der Waals surface area contributed by atoms with Crippen molar-refractivity contribution >= 4 is 56.3 Å². The Morgan fingerprint density at radius 3 is 2.39 bits per heavy atom. The van der Waals surface area contributed by atoms with Crippen LogP contribution in [0.3, 0.4) is 0 Å². The zero-order valence-electron chi connectivity index (χ0n) is 38.8. The average Bonchev–Trinajstić information content (AvgIpc) is 3.82. The van der Waals surface area contributed by atoms with Gasteiger partial charge in [-0.2, -0.15) is 0 Å². The van der Waals surface area contributed by atoms with E-state index in [4.69, 9.17) is 33.1 Å². The minimum absolute atomic E-state index is 0.0454. The molecule has 4 bridgehead atoms. The number of likely N-dealkylation sites (tertiary alicyclic amines) is 1. The van der Waals surface area contributed by atoms with Gasteiger partial charge in [0.2, 0.25) is 10.9 Å². The standard InChI is InChI=1S/C49H59N3O14/c1-22-12-11-13-23(2)48(60)51-39-43(58)35-34(38-46(39)65-33-19-30(18-31(54)37(33)50-38)62-21-29-14-16-52(9)20-29)36-45(27(6)42(35)57)66-49(8,47(36)59)63-17-15-32(61-10)24(3)44(64-28(7)53)26(5)41(56)25(4)40(22)55/h11-13,15,17-19,22,24-26,29,32,40-41,44,55-57,59H,14,16,20-21H2,1-10H3,(H,51,60)/b12-11+,17-15+,23-13-/t22-,24+,25+,26+,29?,32-,40-,41+,44+,49-/m0/s1. The molecule has 1 saturated heterocycles. The van der Waals surface area contributed by atoms with Crippen LogP contribution in [0.2, 0.25) is 0 Å². The topological polar surface area (TPSA) is 237 Å². The molecule has 17 heteroatoms. The number of rotatable bonds is 5. The van der Waals surface area contributed by atoms with Crippen LogP contribution in [-0.2, 0) is 23.8 Å². The maximum Gasteiger partial charge on any atom is 0.307 e. The highest BCUT2D eigenvalue weighted by atomic mass is 16.7. The predicted octanol–water partition coefficient (Wildman–Crippen LogP) is 4.89. The smallest absolute Gasteiger partial charge is 0.307 e. The number of esters is 1. The quantitative estimate of drug-likeness (QED) is 0.102. The SMILES string of the molecule is CO[C@H]1/C=C/O[C@@]2(C)Oc3c(C)c(O)c4c(=O)c(c5oc6cc(OCC7CCN(C)C7)cc(=O)c6nc5c4c3=C2O)NC(=O)/C(C)=C\C=C\[C@H](C)[C@H](O)[C@@H](C)[C@@H](O)[C@@H](C)[C@H](OC(C)=O)[C@@H]1C. The number of anilines is 1. The Hall–Kier alpha value is -6.01. The summed E-state index contributed by atoms with van der Waals surface area (Å²) in [6.07, 6.45) is 4.42. The molecule has 1 fully saturated rings. The number of hydrogen-bond donors (Lipinski definition) is 5. The fourth-order valence-electron chi connectivity index (χ4n) is 9.33. The van der Waals surface area contributed by atoms with Gasteiger partial charge in [-0.1, -0.05) is 45.9 Å². The molecule has 17 nitrogen and oxygen atoms in total. The molecule has 3 aromatic carbocycles. The van der Waals surface area contributed by atoms with Crippen LogP contribution in [0, 0.1) is 36.5 Å². The number of methoxy groups -OCH3 is 1. The third-order valence-corrected chi connectivity index (χ3v) is 13.4. The number of phenolic OH excluding ortho intramolecular Hbond substituents is 1. The number of carbonyl (C=O) groups excluding carboxylic acids is 2. The van der Waals surface area contributed by atoms with Crippen LogP contribution >= 0.6 is 0 Å². The second-order valence-electron chi connectivity index (χ2n) is 18.2. The largest absolute Gasteiger partial charge is 0.507 e. The molecular formula is C49H59N3O14. The van der Waals surface area contributed by atoms with Gasteiger partial charge >= 0.3 is 11.8 Å². The zero-order chi connectivity index (χ0) is 48.1. The molecule has 5 N–H and O–H groups in total. The first-order chi connectivity index (χ1) is 31.2. The molecule has 1 unspecified atom stereocenters. The molecule has 0 radical (unpaired) electrons. The van der Waals surface area contributed by atoms with Crippen molar-refractivity contribution in [2.45, 2.75) is 92.0 Å². The zero-order valence-corrected chi connectivity index (χ0v) is 38.8. The van der Waals surface area contributed by atoms with E-state index in [1.165, 1.54) is 65.4 Å². The maximum absolute atomic E-state index is 14.8. The van der Waals surface area contributed by atoms with E-state index >= 15 is 0 Å². The van der Waals surface area contributed by atoms with Crippen LogP contribution in [0.5, 0.6) is 17.2 Å². The highest BCUT2D eigenvalue weighted by Crippen LogP contribution is 2.42. The van der Waals surface area contributed by atoms with Crippen LogP contribution in [0.1, 0.15) is 60.5 Å². The number of nitrogens with zero attached hydrogens (tertiary/aromatic N) is 2. The van der Waals surface area contributed by atoms with Gasteiger partial charge in [-0.05, 0) is 39.9 Å². The van der Waals surface area contributed by atoms with Crippen molar-refractivity contribution in [1.82, 2.24) is 9.88 Å². The molecule has 10 atom stereocenters. The number of ether oxygens (including phenoxy) is 5. The lowest BCUT2D eigenvalue weighted by Gasteiger charge is -2.38. The van der Waals surface area contributed by atoms with Crippen molar-refractivity contribution in [1.29, 1.82) is 0 Å². The second-order valence-corrected chi connectivity index (χ2v) is 18.2. The number of phenols is 1. The van der Waals surface area contributed by atoms with Gasteiger partial charge in [0.25, 0.3) is 5.91 Å². The number of carbonyl (C=O) groups is 2. The van der Waals surface area contributed by atoms with E-state index in [0.717, 1.165) is 19.5 Å². The number of aliphatic hydroxyl groups excluding tert-OH is 3. The summed E-state index contributed by atoms with van der Waals surface area (Å²) in [5.41, 5.74) is -2.34. The first-order valence-corrected chi connectivity index (χ1v) is 22.1. The number of benzene rings is 3. The number of fused-ring (bicyclic) bond motifs is 2. The summed E-state index contributed by atoms with van der Waals surface area (Å²) in [4.78, 5) is 61.9. The molecule has 1 aromatic heterocycles. The van der Waals surface area contributed by atoms with Gasteiger partial charge in [0.05, 0.1) is 41.8 Å². The average molecular weight is 914 g/mol. The van der Waals surface area contributed by atoms with Gasteiger partial charge in [0, 0.05) is 85.7 Å². The van der Waals surface area contributed by atoms with Crippen molar-refractivity contribution in [3.63, 3.8) is 0 Å². The Labute approximate surface area is 380 Å². The summed E-state index contributed by atoms with van der Waals surface area (Å²) in [6.45, 7) is 14.7. The molecule has 7 rings (SSSR count). The summed E-state index contributed by atoms with van der Waals surface area (Å²) in [5, 5.41) is 49.1. The summed E-state index contributed by atoms with van der Waals surface area (Å²) >= 11 is 0. The van der Waals surface area contributed by atoms with Crippen molar-refractivity contribution in [3.05, 3.63) is 79.5 Å². The number of nitrogens with one attached hydrogen (secondary N) is 1. The number of aromatic hydroxyl groups is 1. The molecule has 4 heterocycles. The van der Waals surface area contributed by atoms with E-state index in [1.54, 1.807) is 39.8 Å². The fraction of sp³-hybridized carbons (Fsp3) is 0.490. The van der Waals surface area contributed by atoms with Crippen molar-refractivity contribution in [2.75, 3.05) is 39.2 Å². The summed E-state index contributed by atoms with van der Waals surface area (Å²) in [6, 6.07) is 2.77. The molecule has 0 aliphatic carbocycles. The minimum Gasteiger partial charge on any atom is -0.507 e. The Kier molecular flexibility index (Phi) is 13.6. The summed E-state index contributed by atoms with van der Waals surface area (Å²) in [7, 11) is 3.46. The fourth-order valence-corrected chi connectivity index (χ4v) is 9.33. The summed E-state index contributed by atoms with van der Waals surface area (Å²) in [5.74, 6) is -6.55. The Bertz CT molecular complexity index is 2850. The molecule has 4 aromatic rings. The molecule has 3 aliphatic heterocycles. The van der Waals surface area contributed by atoms with Gasteiger partial charge < -0.3 is 58.7 Å². The molecule has 1 amide bonds. The number of amides is 1. The van der Waals surface area contributed by atoms with E-state index in [2.05, 4.69) is 10.2 Å². The van der Waals surface area contributed by atoms with E-state index < -0.39 is 93.8 Å². The van der Waals surface area contributed by atoms with Gasteiger partial charge in [0.15, 0.2) is 22.4 Å². The molecular weight excluding hydrogens is 855 g/mol. The number of allylic oxidation sites excluding steroid dienone is 2. The lowest BCUT2D eigenvalue weighted by molar-refractivity contribution is -0.160. The van der Waals surface area contributed by atoms with Crippen LogP contribution in [0.4, 0.5) is 5.69 Å². The highest BCUT2D eigenvalue weighted by Gasteiger charge is 2.44. The maximum atomic E-state index is 14.8. The van der Waals surface area contributed by atoms with Crippen molar-refractivity contribution in [3.8, 4) is 17.2 Å². The Balaban J connectivity index is 1.45. The predicted molar refractivity (Wildman–Crippen MR) is 246 cm³/mol. The van der Waals surface area contributed by atoms with Crippen LogP contribution in [0.25, 0.3) is 38.7 Å². The third kappa shape index (κ3) is 8.84. The first kappa shape index (κ1) is 47.9. The lowest BCUT2D eigenvalue weighted by atomic mass is 9.78. The van der Waals surface area contributed by atoms with Gasteiger partial charge in [-0.3, -0.25) is 19.2 Å². The van der Waals surface area contributed by atoms with Crippen molar-refractivity contribution < 1.29 is 58.1 Å². The van der Waals surface area contributed by atoms with Crippen LogP contribution in [-0.4, -0.2) is 106 Å². The molecule has 3 aliphatic rings. The van der Waals surface area contributed by atoms with E-state index in [0.29, 0.717) is 6.61 Å². The molecule has 0 spiro atoms. The monoisotopic (exact) mass is 913 g/mol. The highest BCUT2D eigenvalue weighted by molar-refractivity contribution is 6.16. The van der Waals surface area contributed by atoms with E-state index in [1.807, 2.05) is 7.05 Å². The van der Waals surface area contributed by atoms with E-state index in [9.17, 15) is 39.6 Å². The number of aliphatic hydroxyl groups is 3. The minimum atomic E-state index is -1.99. The third-order valence-electron chi connectivity index (χ3n) is 13.4. The lowest BCUT2D eigenvalue weighted by Crippen LogP contribution is -2.46. The van der Waals surface area contributed by atoms with Crippen LogP contribution in [0.15, 0.2) is 62.3 Å². The normalized spacial score (nSPS) is 30.8. The van der Waals surface area contributed by atoms with E-state index in [-0.39, 0.29) is 66.7 Å². The molecule has 0 saturated carbocycles. The second kappa shape index (κ2) is 18.7. The number of aromatic nitrogens is 1. The van der Waals surface area contributed by atoms with Crippen molar-refractivity contribution in [2.24, 2.45) is 29.6 Å². The number of hydrogen-bond acceptors (Lipinski definition) is 16.